The zero-order chi connectivity index (χ0) is 7.28. The van der Waals surface area contributed by atoms with Gasteiger partial charge in [-0.25, -0.2) is 0 Å². The van der Waals surface area contributed by atoms with Crippen molar-refractivity contribution in [3.8, 4) is 0 Å². The van der Waals surface area contributed by atoms with Crippen molar-refractivity contribution in [1.29, 1.82) is 5.41 Å². The summed E-state index contributed by atoms with van der Waals surface area (Å²) in [5, 5.41) is 6.85. The van der Waals surface area contributed by atoms with Crippen LogP contribution in [-0.4, -0.2) is 26.1 Å². The zero-order valence-corrected chi connectivity index (χ0v) is 7.88. The van der Waals surface area contributed by atoms with Crippen LogP contribution in [0.1, 0.15) is 6.42 Å². The summed E-state index contributed by atoms with van der Waals surface area (Å²) >= 11 is 0. The van der Waals surface area contributed by atoms with Gasteiger partial charge in [-0.2, -0.15) is 0 Å². The highest BCUT2D eigenvalue weighted by molar-refractivity contribution is 5.92. The molecule has 0 aliphatic carbocycles. The van der Waals surface area contributed by atoms with E-state index in [-0.39, 0.29) is 37.1 Å². The third kappa shape index (κ3) is 9.52. The van der Waals surface area contributed by atoms with Gasteiger partial charge in [0.15, 0.2) is 5.90 Å². The molecule has 0 radical (unpaired) electrons. The van der Waals surface area contributed by atoms with Gasteiger partial charge in [0, 0.05) is 0 Å². The van der Waals surface area contributed by atoms with Crippen LogP contribution < -0.4 is 0 Å². The fraction of sp³-hybridized carbons (Fsp3) is 0.600. The molecule has 11 heavy (non-hydrogen) atoms. The van der Waals surface area contributed by atoms with Gasteiger partial charge in [-0.1, -0.05) is 0 Å². The van der Waals surface area contributed by atoms with E-state index in [0.29, 0.717) is 0 Å². The third-order valence-electron chi connectivity index (χ3n) is 0.779. The summed E-state index contributed by atoms with van der Waals surface area (Å²) in [7, 11) is 2.61. The molecular weight excluding hydrogens is 193 g/mol. The molecule has 0 unspecified atom stereocenters. The molecule has 0 amide bonds. The van der Waals surface area contributed by atoms with E-state index in [2.05, 4.69) is 9.47 Å². The Morgan fingerprint density at radius 3 is 2.00 bits per heavy atom. The number of carbonyl (C=O) groups excluding carboxylic acids is 1. The summed E-state index contributed by atoms with van der Waals surface area (Å²) in [6.07, 6.45) is -0.0903. The number of ether oxygens (including phenoxy) is 2. The van der Waals surface area contributed by atoms with E-state index in [4.69, 9.17) is 5.41 Å². The van der Waals surface area contributed by atoms with Crippen molar-refractivity contribution in [1.82, 2.24) is 0 Å². The first kappa shape index (κ1) is 16.9. The second-order valence-electron chi connectivity index (χ2n) is 1.38. The van der Waals surface area contributed by atoms with Gasteiger partial charge in [-0.3, -0.25) is 10.2 Å². The van der Waals surface area contributed by atoms with Crippen LogP contribution in [0.25, 0.3) is 0 Å². The van der Waals surface area contributed by atoms with Crippen molar-refractivity contribution >= 4 is 36.7 Å². The maximum atomic E-state index is 10.3. The molecular formula is C5H11Cl2NO3. The average Bonchev–Trinajstić information content (AvgIpc) is 1.87. The summed E-state index contributed by atoms with van der Waals surface area (Å²) < 4.78 is 8.67. The normalized spacial score (nSPS) is 6.73. The Morgan fingerprint density at radius 1 is 1.27 bits per heavy atom. The number of halogens is 2. The quantitative estimate of drug-likeness (QED) is 0.415. The van der Waals surface area contributed by atoms with E-state index in [0.717, 1.165) is 0 Å². The fourth-order valence-electron chi connectivity index (χ4n) is 0.275. The summed E-state index contributed by atoms with van der Waals surface area (Å²) in [6.45, 7) is 0. The van der Waals surface area contributed by atoms with Crippen LogP contribution in [0.3, 0.4) is 0 Å². The van der Waals surface area contributed by atoms with E-state index >= 15 is 0 Å². The summed E-state index contributed by atoms with van der Waals surface area (Å²) in [4.78, 5) is 10.3. The predicted molar refractivity (Wildman–Crippen MR) is 45.9 cm³/mol. The maximum Gasteiger partial charge on any atom is 0.314 e. The molecule has 0 saturated carbocycles. The van der Waals surface area contributed by atoms with E-state index in [1.807, 2.05) is 0 Å². The lowest BCUT2D eigenvalue weighted by atomic mass is 10.4. The first-order valence-corrected chi connectivity index (χ1v) is 2.39. The van der Waals surface area contributed by atoms with Crippen LogP contribution in [0, 0.1) is 5.41 Å². The third-order valence-corrected chi connectivity index (χ3v) is 0.779. The molecule has 0 heterocycles. The SMILES string of the molecule is COC(=N)CC(=O)OC.Cl.Cl. The summed E-state index contributed by atoms with van der Waals surface area (Å²) in [5.74, 6) is -0.538. The molecule has 0 aromatic rings. The van der Waals surface area contributed by atoms with Crippen LogP contribution in [0.2, 0.25) is 0 Å². The van der Waals surface area contributed by atoms with E-state index in [1.165, 1.54) is 14.2 Å². The molecule has 0 spiro atoms. The molecule has 1 N–H and O–H groups in total. The molecule has 68 valence electrons. The van der Waals surface area contributed by atoms with Crippen molar-refractivity contribution in [2.45, 2.75) is 6.42 Å². The van der Waals surface area contributed by atoms with Gasteiger partial charge < -0.3 is 9.47 Å². The minimum atomic E-state index is -0.457. The van der Waals surface area contributed by atoms with E-state index in [1.54, 1.807) is 0 Å². The Balaban J connectivity index is -0.000000320. The highest BCUT2D eigenvalue weighted by atomic mass is 35.5. The average molecular weight is 204 g/mol. The molecule has 0 atom stereocenters. The highest BCUT2D eigenvalue weighted by Gasteiger charge is 2.03. The lowest BCUT2D eigenvalue weighted by Crippen LogP contribution is -2.09. The van der Waals surface area contributed by atoms with Gasteiger partial charge >= 0.3 is 5.97 Å². The second-order valence-corrected chi connectivity index (χ2v) is 1.38. The van der Waals surface area contributed by atoms with Crippen molar-refractivity contribution in [3.63, 3.8) is 0 Å². The molecule has 0 aliphatic rings. The van der Waals surface area contributed by atoms with Crippen LogP contribution in [0.4, 0.5) is 0 Å². The molecule has 0 fully saturated rings. The van der Waals surface area contributed by atoms with Gasteiger partial charge in [0.2, 0.25) is 0 Å². The van der Waals surface area contributed by atoms with E-state index < -0.39 is 5.97 Å². The molecule has 4 nitrogen and oxygen atoms in total. The van der Waals surface area contributed by atoms with Gasteiger partial charge in [0.1, 0.15) is 6.42 Å². The minimum Gasteiger partial charge on any atom is -0.484 e. The first-order chi connectivity index (χ1) is 4.20. The molecule has 0 aromatic carbocycles. The Bertz CT molecular complexity index is 115. The Morgan fingerprint density at radius 2 is 1.73 bits per heavy atom. The van der Waals surface area contributed by atoms with Gasteiger partial charge in [-0.15, -0.1) is 24.8 Å². The Hall–Kier alpha value is -0.480. The Kier molecular flexibility index (Phi) is 14.6. The summed E-state index contributed by atoms with van der Waals surface area (Å²) in [5.41, 5.74) is 0. The number of rotatable bonds is 2. The minimum absolute atomic E-state index is 0. The molecule has 0 saturated heterocycles. The lowest BCUT2D eigenvalue weighted by molar-refractivity contribution is -0.139. The molecule has 0 aliphatic heterocycles. The van der Waals surface area contributed by atoms with Crippen LogP contribution in [-0.2, 0) is 14.3 Å². The fourth-order valence-corrected chi connectivity index (χ4v) is 0.275. The molecule has 0 aromatic heterocycles. The number of esters is 1. The number of hydrogen-bond acceptors (Lipinski definition) is 4. The van der Waals surface area contributed by atoms with Gasteiger partial charge in [0.25, 0.3) is 0 Å². The molecule has 0 bridgehead atoms. The first-order valence-electron chi connectivity index (χ1n) is 2.39. The van der Waals surface area contributed by atoms with Crippen LogP contribution in [0.5, 0.6) is 0 Å². The Labute approximate surface area is 77.6 Å². The van der Waals surface area contributed by atoms with Crippen molar-refractivity contribution < 1.29 is 14.3 Å². The maximum absolute atomic E-state index is 10.3. The van der Waals surface area contributed by atoms with Gasteiger partial charge in [0.05, 0.1) is 14.2 Å². The van der Waals surface area contributed by atoms with Crippen molar-refractivity contribution in [2.75, 3.05) is 14.2 Å². The monoisotopic (exact) mass is 203 g/mol. The van der Waals surface area contributed by atoms with Crippen LogP contribution in [0.15, 0.2) is 0 Å². The lowest BCUT2D eigenvalue weighted by Gasteiger charge is -1.98. The number of carbonyl (C=O) groups is 1. The second kappa shape index (κ2) is 9.52. The molecule has 6 heteroatoms. The smallest absolute Gasteiger partial charge is 0.314 e. The standard InChI is InChI=1S/C5H9NO3.2ClH/c1-8-4(6)3-5(7)9-2;;/h6H,3H2,1-2H3;2*1H. The predicted octanol–water partition coefficient (Wildman–Crippen LogP) is 1.02. The van der Waals surface area contributed by atoms with Crippen molar-refractivity contribution in [3.05, 3.63) is 0 Å². The number of hydrogen-bond donors (Lipinski definition) is 1. The highest BCUT2D eigenvalue weighted by Crippen LogP contribution is 1.86. The largest absolute Gasteiger partial charge is 0.484 e. The number of methoxy groups -OCH3 is 2. The van der Waals surface area contributed by atoms with Gasteiger partial charge in [-0.05, 0) is 0 Å². The van der Waals surface area contributed by atoms with Crippen molar-refractivity contribution in [2.24, 2.45) is 0 Å². The zero-order valence-electron chi connectivity index (χ0n) is 6.25. The summed E-state index contributed by atoms with van der Waals surface area (Å²) in [6, 6.07) is 0. The number of nitrogens with one attached hydrogen (secondary N) is 1. The topological polar surface area (TPSA) is 59.4 Å². The van der Waals surface area contributed by atoms with Crippen LogP contribution >= 0.6 is 24.8 Å². The van der Waals surface area contributed by atoms with E-state index in [9.17, 15) is 4.79 Å². The molecule has 0 rings (SSSR count).